The molecule has 0 unspecified atom stereocenters. The van der Waals surface area contributed by atoms with Gasteiger partial charge in [0.15, 0.2) is 0 Å². The van der Waals surface area contributed by atoms with E-state index >= 15 is 0 Å². The summed E-state index contributed by atoms with van der Waals surface area (Å²) >= 11 is 0. The van der Waals surface area contributed by atoms with Crippen LogP contribution < -0.4 is 5.32 Å². The third-order valence-corrected chi connectivity index (χ3v) is 3.02. The highest BCUT2D eigenvalue weighted by Gasteiger charge is 2.36. The highest BCUT2D eigenvalue weighted by molar-refractivity contribution is 4.96. The Morgan fingerprint density at radius 1 is 1.64 bits per heavy atom. The van der Waals surface area contributed by atoms with Gasteiger partial charge in [-0.2, -0.15) is 0 Å². The number of nitrogens with zero attached hydrogens (tertiary/aromatic N) is 1. The molecule has 0 aromatic carbocycles. The molecule has 0 saturated heterocycles. The van der Waals surface area contributed by atoms with Crippen LogP contribution in [0.3, 0.4) is 0 Å². The average molecular weight is 195 g/mol. The van der Waals surface area contributed by atoms with Crippen molar-refractivity contribution in [3.05, 3.63) is 18.2 Å². The van der Waals surface area contributed by atoms with E-state index in [4.69, 9.17) is 4.74 Å². The van der Waals surface area contributed by atoms with Gasteiger partial charge in [-0.25, -0.2) is 4.98 Å². The van der Waals surface area contributed by atoms with Gasteiger partial charge in [-0.05, 0) is 19.3 Å². The molecular formula is C10H17N3O. The Morgan fingerprint density at radius 2 is 2.50 bits per heavy atom. The van der Waals surface area contributed by atoms with Crippen molar-refractivity contribution in [2.45, 2.75) is 31.4 Å². The van der Waals surface area contributed by atoms with Gasteiger partial charge in [0.1, 0.15) is 0 Å². The van der Waals surface area contributed by atoms with E-state index in [0.29, 0.717) is 0 Å². The van der Waals surface area contributed by atoms with Crippen LogP contribution in [0.1, 0.15) is 25.0 Å². The van der Waals surface area contributed by atoms with Gasteiger partial charge in [-0.15, -0.1) is 0 Å². The summed E-state index contributed by atoms with van der Waals surface area (Å²) in [6, 6.07) is 0. The quantitative estimate of drug-likeness (QED) is 0.739. The maximum absolute atomic E-state index is 5.50. The number of imidazole rings is 1. The molecular weight excluding hydrogens is 178 g/mol. The van der Waals surface area contributed by atoms with E-state index in [1.807, 2.05) is 6.20 Å². The lowest BCUT2D eigenvalue weighted by molar-refractivity contribution is -0.0695. The Bertz CT molecular complexity index is 261. The highest BCUT2D eigenvalue weighted by atomic mass is 16.5. The second-order valence-corrected chi connectivity index (χ2v) is 3.92. The summed E-state index contributed by atoms with van der Waals surface area (Å²) in [7, 11) is 1.80. The van der Waals surface area contributed by atoms with Crippen LogP contribution in [0.5, 0.6) is 0 Å². The average Bonchev–Trinajstić information content (AvgIpc) is 2.62. The van der Waals surface area contributed by atoms with Crippen molar-refractivity contribution in [2.75, 3.05) is 13.7 Å². The molecule has 1 aliphatic rings. The molecule has 14 heavy (non-hydrogen) atoms. The third-order valence-electron chi connectivity index (χ3n) is 3.02. The first kappa shape index (κ1) is 9.68. The van der Waals surface area contributed by atoms with Gasteiger partial charge in [0, 0.05) is 32.1 Å². The summed E-state index contributed by atoms with van der Waals surface area (Å²) in [6.45, 7) is 1.77. The number of aromatic amines is 1. The van der Waals surface area contributed by atoms with Crippen LogP contribution in [0.4, 0.5) is 0 Å². The molecule has 2 rings (SSSR count). The maximum atomic E-state index is 5.50. The summed E-state index contributed by atoms with van der Waals surface area (Å²) in [6.07, 6.45) is 7.19. The lowest BCUT2D eigenvalue weighted by Crippen LogP contribution is -2.47. The van der Waals surface area contributed by atoms with Crippen LogP contribution in [0.2, 0.25) is 0 Å². The molecule has 0 aliphatic heterocycles. The normalized spacial score (nSPS) is 19.2. The number of hydrogen-bond acceptors (Lipinski definition) is 3. The Labute approximate surface area is 84.1 Å². The van der Waals surface area contributed by atoms with E-state index < -0.39 is 0 Å². The summed E-state index contributed by atoms with van der Waals surface area (Å²) in [4.78, 5) is 7.03. The van der Waals surface area contributed by atoms with E-state index in [-0.39, 0.29) is 5.60 Å². The topological polar surface area (TPSA) is 49.9 Å². The van der Waals surface area contributed by atoms with Gasteiger partial charge < -0.3 is 15.0 Å². The molecule has 1 aliphatic carbocycles. The fourth-order valence-electron chi connectivity index (χ4n) is 1.83. The van der Waals surface area contributed by atoms with Crippen molar-refractivity contribution in [1.29, 1.82) is 0 Å². The highest BCUT2D eigenvalue weighted by Crippen LogP contribution is 2.34. The van der Waals surface area contributed by atoms with E-state index in [2.05, 4.69) is 15.3 Å². The third kappa shape index (κ3) is 1.96. The summed E-state index contributed by atoms with van der Waals surface area (Å²) < 4.78 is 5.50. The Morgan fingerprint density at radius 3 is 3.00 bits per heavy atom. The van der Waals surface area contributed by atoms with Crippen molar-refractivity contribution < 1.29 is 4.74 Å². The predicted octanol–water partition coefficient (Wildman–Crippen LogP) is 1.07. The van der Waals surface area contributed by atoms with Gasteiger partial charge in [-0.3, -0.25) is 0 Å². The second-order valence-electron chi connectivity index (χ2n) is 3.92. The van der Waals surface area contributed by atoms with Gasteiger partial charge in [0.2, 0.25) is 0 Å². The smallest absolute Gasteiger partial charge is 0.0922 e. The lowest BCUT2D eigenvalue weighted by atomic mass is 9.80. The first-order chi connectivity index (χ1) is 6.85. The number of aromatic nitrogens is 2. The molecule has 0 bridgehead atoms. The zero-order valence-electron chi connectivity index (χ0n) is 8.55. The number of rotatable bonds is 5. The molecule has 1 heterocycles. The van der Waals surface area contributed by atoms with Crippen LogP contribution in [-0.4, -0.2) is 29.2 Å². The molecule has 4 heteroatoms. The number of H-pyrrole nitrogens is 1. The second kappa shape index (κ2) is 4.11. The molecule has 78 valence electrons. The van der Waals surface area contributed by atoms with E-state index in [1.54, 1.807) is 13.4 Å². The molecule has 1 fully saturated rings. The molecule has 0 radical (unpaired) electrons. The number of methoxy groups -OCH3 is 1. The molecule has 4 nitrogen and oxygen atoms in total. The van der Waals surface area contributed by atoms with Crippen molar-refractivity contribution >= 4 is 0 Å². The van der Waals surface area contributed by atoms with Crippen molar-refractivity contribution in [3.8, 4) is 0 Å². The summed E-state index contributed by atoms with van der Waals surface area (Å²) in [5.41, 5.74) is 1.23. The minimum absolute atomic E-state index is 0.111. The molecule has 0 atom stereocenters. The molecule has 0 spiro atoms. The number of nitrogens with one attached hydrogen (secondary N) is 2. The van der Waals surface area contributed by atoms with Crippen LogP contribution in [0.25, 0.3) is 0 Å². The molecule has 2 N–H and O–H groups in total. The van der Waals surface area contributed by atoms with Crippen molar-refractivity contribution in [2.24, 2.45) is 0 Å². The first-order valence-electron chi connectivity index (χ1n) is 5.08. The molecule has 1 saturated carbocycles. The monoisotopic (exact) mass is 195 g/mol. The van der Waals surface area contributed by atoms with E-state index in [9.17, 15) is 0 Å². The molecule has 0 amide bonds. The Balaban J connectivity index is 1.72. The van der Waals surface area contributed by atoms with Crippen molar-refractivity contribution in [3.63, 3.8) is 0 Å². The standard InChI is InChI=1S/C10H17N3O/c1-14-10(3-2-4-10)7-11-5-9-6-12-8-13-9/h6,8,11H,2-5,7H2,1H3,(H,12,13). The zero-order chi connectivity index (χ0) is 9.86. The number of hydrogen-bond donors (Lipinski definition) is 2. The first-order valence-corrected chi connectivity index (χ1v) is 5.08. The largest absolute Gasteiger partial charge is 0.377 e. The molecule has 1 aromatic rings. The van der Waals surface area contributed by atoms with Gasteiger partial charge in [0.25, 0.3) is 0 Å². The van der Waals surface area contributed by atoms with Crippen molar-refractivity contribution in [1.82, 2.24) is 15.3 Å². The molecule has 1 aromatic heterocycles. The Kier molecular flexibility index (Phi) is 2.84. The fourth-order valence-corrected chi connectivity index (χ4v) is 1.83. The minimum atomic E-state index is 0.111. The lowest BCUT2D eigenvalue weighted by Gasteiger charge is -2.40. The zero-order valence-corrected chi connectivity index (χ0v) is 8.55. The van der Waals surface area contributed by atoms with Gasteiger partial charge in [-0.1, -0.05) is 0 Å². The van der Waals surface area contributed by atoms with Crippen LogP contribution >= 0.6 is 0 Å². The van der Waals surface area contributed by atoms with E-state index in [1.165, 1.54) is 19.3 Å². The fraction of sp³-hybridized carbons (Fsp3) is 0.700. The van der Waals surface area contributed by atoms with Crippen LogP contribution in [-0.2, 0) is 11.3 Å². The van der Waals surface area contributed by atoms with Gasteiger partial charge in [0.05, 0.1) is 11.9 Å². The summed E-state index contributed by atoms with van der Waals surface area (Å²) in [5.74, 6) is 0. The summed E-state index contributed by atoms with van der Waals surface area (Å²) in [5, 5.41) is 3.39. The number of ether oxygens (including phenoxy) is 1. The minimum Gasteiger partial charge on any atom is -0.377 e. The van der Waals surface area contributed by atoms with Crippen LogP contribution in [0, 0.1) is 0 Å². The van der Waals surface area contributed by atoms with Crippen LogP contribution in [0.15, 0.2) is 12.5 Å². The van der Waals surface area contributed by atoms with Gasteiger partial charge >= 0.3 is 0 Å². The maximum Gasteiger partial charge on any atom is 0.0922 e. The Hall–Kier alpha value is -0.870. The SMILES string of the molecule is COC1(CNCc2cnc[nH]2)CCC1. The van der Waals surface area contributed by atoms with E-state index in [0.717, 1.165) is 18.8 Å². The predicted molar refractivity (Wildman–Crippen MR) is 53.9 cm³/mol.